The summed E-state index contributed by atoms with van der Waals surface area (Å²) >= 11 is 0. The number of hydrogen-bond acceptors (Lipinski definition) is 3. The predicted molar refractivity (Wildman–Crippen MR) is 64.0 cm³/mol. The average molecular weight is 228 g/mol. The zero-order valence-electron chi connectivity index (χ0n) is 9.90. The molecule has 0 fully saturated rings. The van der Waals surface area contributed by atoms with Crippen LogP contribution in [0.5, 0.6) is 0 Å². The maximum Gasteiger partial charge on any atom is 0.330 e. The van der Waals surface area contributed by atoms with Crippen LogP contribution < -0.4 is 5.73 Å². The standard InChI is InChI=1S/C8H15NO2.C3H5NO/c1-7(8(10)11)5-4-6-9(2)3;1-2-3(4)5/h1,4-6H2,2-3H3,(H,10,11);2H,1H2,(H2,4,5). The van der Waals surface area contributed by atoms with E-state index in [2.05, 4.69) is 18.9 Å². The highest BCUT2D eigenvalue weighted by atomic mass is 16.4. The van der Waals surface area contributed by atoms with E-state index in [0.29, 0.717) is 12.0 Å². The second kappa shape index (κ2) is 9.92. The van der Waals surface area contributed by atoms with Crippen molar-refractivity contribution >= 4 is 11.9 Å². The normalized spacial score (nSPS) is 8.94. The van der Waals surface area contributed by atoms with Gasteiger partial charge in [-0.1, -0.05) is 13.2 Å². The molecule has 0 spiro atoms. The van der Waals surface area contributed by atoms with Gasteiger partial charge in [-0.15, -0.1) is 0 Å². The molecule has 0 aromatic rings. The van der Waals surface area contributed by atoms with Crippen LogP contribution in [0.2, 0.25) is 0 Å². The first-order valence-electron chi connectivity index (χ1n) is 4.79. The third-order valence-corrected chi connectivity index (χ3v) is 1.59. The van der Waals surface area contributed by atoms with Crippen LogP contribution in [-0.4, -0.2) is 42.5 Å². The van der Waals surface area contributed by atoms with Gasteiger partial charge in [-0.3, -0.25) is 4.79 Å². The van der Waals surface area contributed by atoms with Crippen LogP contribution in [0.4, 0.5) is 0 Å². The predicted octanol–water partition coefficient (Wildman–Crippen LogP) is 0.627. The van der Waals surface area contributed by atoms with Crippen LogP contribution in [0, 0.1) is 0 Å². The molecule has 0 aliphatic rings. The van der Waals surface area contributed by atoms with E-state index in [1.807, 2.05) is 19.0 Å². The van der Waals surface area contributed by atoms with Gasteiger partial charge in [0, 0.05) is 5.57 Å². The monoisotopic (exact) mass is 228 g/mol. The summed E-state index contributed by atoms with van der Waals surface area (Å²) in [5.74, 6) is -1.37. The van der Waals surface area contributed by atoms with Crippen LogP contribution in [0.15, 0.2) is 24.8 Å². The zero-order valence-corrected chi connectivity index (χ0v) is 9.90. The Balaban J connectivity index is 0. The van der Waals surface area contributed by atoms with E-state index < -0.39 is 11.9 Å². The molecule has 0 atom stereocenters. The molecular formula is C11H20N2O3. The minimum Gasteiger partial charge on any atom is -0.478 e. The van der Waals surface area contributed by atoms with Crippen molar-refractivity contribution in [1.29, 1.82) is 0 Å². The van der Waals surface area contributed by atoms with Gasteiger partial charge in [-0.25, -0.2) is 4.79 Å². The fraction of sp³-hybridized carbons (Fsp3) is 0.455. The Morgan fingerprint density at radius 1 is 1.44 bits per heavy atom. The Labute approximate surface area is 96.2 Å². The van der Waals surface area contributed by atoms with Gasteiger partial charge < -0.3 is 15.7 Å². The van der Waals surface area contributed by atoms with Crippen molar-refractivity contribution in [2.75, 3.05) is 20.6 Å². The highest BCUT2D eigenvalue weighted by Crippen LogP contribution is 2.01. The van der Waals surface area contributed by atoms with Gasteiger partial charge in [0.2, 0.25) is 5.91 Å². The van der Waals surface area contributed by atoms with Gasteiger partial charge in [0.05, 0.1) is 0 Å². The molecule has 0 aromatic carbocycles. The first-order chi connectivity index (χ1) is 7.31. The molecule has 0 bridgehead atoms. The van der Waals surface area contributed by atoms with Crippen molar-refractivity contribution in [3.63, 3.8) is 0 Å². The number of amides is 1. The molecule has 0 saturated heterocycles. The van der Waals surface area contributed by atoms with E-state index in [1.165, 1.54) is 0 Å². The lowest BCUT2D eigenvalue weighted by molar-refractivity contribution is -0.132. The van der Waals surface area contributed by atoms with E-state index in [1.54, 1.807) is 0 Å². The Morgan fingerprint density at radius 2 is 1.88 bits per heavy atom. The molecule has 1 amide bonds. The van der Waals surface area contributed by atoms with E-state index in [0.717, 1.165) is 19.0 Å². The third-order valence-electron chi connectivity index (χ3n) is 1.59. The Morgan fingerprint density at radius 3 is 2.12 bits per heavy atom. The first kappa shape index (κ1) is 16.8. The van der Waals surface area contributed by atoms with Gasteiger partial charge in [0.1, 0.15) is 0 Å². The third kappa shape index (κ3) is 14.9. The molecule has 92 valence electrons. The number of nitrogens with zero attached hydrogens (tertiary/aromatic N) is 1. The molecule has 0 aliphatic heterocycles. The van der Waals surface area contributed by atoms with E-state index in [-0.39, 0.29) is 0 Å². The van der Waals surface area contributed by atoms with Crippen LogP contribution in [0.25, 0.3) is 0 Å². The summed E-state index contributed by atoms with van der Waals surface area (Å²) in [5.41, 5.74) is 4.83. The molecule has 0 radical (unpaired) electrons. The van der Waals surface area contributed by atoms with Crippen LogP contribution >= 0.6 is 0 Å². The van der Waals surface area contributed by atoms with Gasteiger partial charge in [0.15, 0.2) is 0 Å². The number of rotatable bonds is 6. The fourth-order valence-corrected chi connectivity index (χ4v) is 0.716. The second-order valence-electron chi connectivity index (χ2n) is 3.42. The summed E-state index contributed by atoms with van der Waals surface area (Å²) in [7, 11) is 3.92. The maximum atomic E-state index is 10.3. The number of primary amides is 1. The topological polar surface area (TPSA) is 83.6 Å². The Bertz CT molecular complexity index is 260. The lowest BCUT2D eigenvalue weighted by Crippen LogP contribution is -2.13. The molecule has 16 heavy (non-hydrogen) atoms. The lowest BCUT2D eigenvalue weighted by atomic mass is 10.1. The molecule has 0 saturated carbocycles. The highest BCUT2D eigenvalue weighted by molar-refractivity contribution is 5.85. The molecule has 5 heteroatoms. The summed E-state index contributed by atoms with van der Waals surface area (Å²) in [6.07, 6.45) is 2.49. The molecule has 0 aromatic heterocycles. The molecular weight excluding hydrogens is 208 g/mol. The molecule has 0 aliphatic carbocycles. The molecule has 3 N–H and O–H groups in total. The minimum atomic E-state index is -0.885. The van der Waals surface area contributed by atoms with Crippen molar-refractivity contribution < 1.29 is 14.7 Å². The van der Waals surface area contributed by atoms with Crippen LogP contribution in [-0.2, 0) is 9.59 Å². The minimum absolute atomic E-state index is 0.298. The fourth-order valence-electron chi connectivity index (χ4n) is 0.716. The first-order valence-corrected chi connectivity index (χ1v) is 4.79. The summed E-state index contributed by atoms with van der Waals surface area (Å²) in [6.45, 7) is 7.43. The van der Waals surface area contributed by atoms with Crippen LogP contribution in [0.1, 0.15) is 12.8 Å². The molecule has 0 heterocycles. The van der Waals surface area contributed by atoms with E-state index in [4.69, 9.17) is 5.11 Å². The summed E-state index contributed by atoms with van der Waals surface area (Å²) in [6, 6.07) is 0. The number of carbonyl (C=O) groups excluding carboxylic acids is 1. The van der Waals surface area contributed by atoms with Gasteiger partial charge >= 0.3 is 5.97 Å². The van der Waals surface area contributed by atoms with Gasteiger partial charge in [-0.05, 0) is 39.6 Å². The second-order valence-corrected chi connectivity index (χ2v) is 3.42. The zero-order chi connectivity index (χ0) is 13.1. The number of hydrogen-bond donors (Lipinski definition) is 2. The number of carboxylic acid groups (broad SMARTS) is 1. The smallest absolute Gasteiger partial charge is 0.330 e. The van der Waals surface area contributed by atoms with Crippen molar-refractivity contribution in [2.24, 2.45) is 5.73 Å². The Hall–Kier alpha value is -1.62. The molecule has 5 nitrogen and oxygen atoms in total. The maximum absolute atomic E-state index is 10.3. The van der Waals surface area contributed by atoms with Crippen molar-refractivity contribution in [3.8, 4) is 0 Å². The quantitative estimate of drug-likeness (QED) is 0.653. The van der Waals surface area contributed by atoms with E-state index >= 15 is 0 Å². The molecule has 0 rings (SSSR count). The summed E-state index contributed by atoms with van der Waals surface area (Å²) in [5, 5.41) is 8.43. The van der Waals surface area contributed by atoms with Crippen molar-refractivity contribution in [1.82, 2.24) is 4.90 Å². The summed E-state index contributed by atoms with van der Waals surface area (Å²) < 4.78 is 0. The van der Waals surface area contributed by atoms with Gasteiger partial charge in [-0.2, -0.15) is 0 Å². The Kier molecular flexibility index (Phi) is 10.4. The lowest BCUT2D eigenvalue weighted by Gasteiger charge is -2.08. The highest BCUT2D eigenvalue weighted by Gasteiger charge is 2.02. The SMILES string of the molecule is C=C(CCCN(C)C)C(=O)O.C=CC(N)=O. The van der Waals surface area contributed by atoms with Gasteiger partial charge in [0.25, 0.3) is 0 Å². The largest absolute Gasteiger partial charge is 0.478 e. The van der Waals surface area contributed by atoms with E-state index in [9.17, 15) is 9.59 Å². The number of carboxylic acids is 1. The van der Waals surface area contributed by atoms with Crippen LogP contribution in [0.3, 0.4) is 0 Å². The van der Waals surface area contributed by atoms with Crippen molar-refractivity contribution in [2.45, 2.75) is 12.8 Å². The number of carbonyl (C=O) groups is 2. The number of aliphatic carboxylic acids is 1. The summed E-state index contributed by atoms with van der Waals surface area (Å²) in [4.78, 5) is 21.8. The number of nitrogens with two attached hydrogens (primary N) is 1. The average Bonchev–Trinajstić information content (AvgIpc) is 2.17. The molecule has 0 unspecified atom stereocenters. The van der Waals surface area contributed by atoms with Crippen molar-refractivity contribution in [3.05, 3.63) is 24.8 Å².